The summed E-state index contributed by atoms with van der Waals surface area (Å²) in [6.07, 6.45) is 2.34. The second-order valence-electron chi connectivity index (χ2n) is 4.81. The van der Waals surface area contributed by atoms with Crippen molar-refractivity contribution in [2.75, 3.05) is 12.3 Å². The number of aliphatic imine (C=N–C) groups is 1. The van der Waals surface area contributed by atoms with Gasteiger partial charge in [0, 0.05) is 23.8 Å². The molecule has 9 nitrogen and oxygen atoms in total. The summed E-state index contributed by atoms with van der Waals surface area (Å²) in [5.74, 6) is -0.584. The summed E-state index contributed by atoms with van der Waals surface area (Å²) in [4.78, 5) is 14.1. The normalized spacial score (nSPS) is 10.8. The lowest BCUT2D eigenvalue weighted by Gasteiger charge is -2.10. The van der Waals surface area contributed by atoms with Crippen LogP contribution in [0.3, 0.4) is 0 Å². The predicted molar refractivity (Wildman–Crippen MR) is 86.0 cm³/mol. The molecule has 0 amide bonds. The van der Waals surface area contributed by atoms with Crippen molar-refractivity contribution >= 4 is 29.3 Å². The zero-order valence-corrected chi connectivity index (χ0v) is 13.1. The van der Waals surface area contributed by atoms with Crippen LogP contribution in [0, 0.1) is 21.4 Å². The van der Waals surface area contributed by atoms with E-state index in [9.17, 15) is 15.2 Å². The summed E-state index contributed by atoms with van der Waals surface area (Å²) in [6.45, 7) is 0.351. The molecule has 1 aromatic carbocycles. The van der Waals surface area contributed by atoms with Crippen LogP contribution in [0.4, 0.5) is 11.5 Å². The Morgan fingerprint density at radius 2 is 2.29 bits per heavy atom. The van der Waals surface area contributed by atoms with Crippen LogP contribution in [0.15, 0.2) is 17.1 Å². The van der Waals surface area contributed by atoms with E-state index >= 15 is 0 Å². The van der Waals surface area contributed by atoms with Crippen molar-refractivity contribution < 1.29 is 10.0 Å². The third-order valence-corrected chi connectivity index (χ3v) is 3.40. The van der Waals surface area contributed by atoms with Gasteiger partial charge in [-0.05, 0) is 30.2 Å². The van der Waals surface area contributed by atoms with Crippen molar-refractivity contribution in [3.8, 4) is 11.8 Å². The number of nitro benzene ring substituents is 1. The molecule has 0 spiro atoms. The predicted octanol–water partition coefficient (Wildman–Crippen LogP) is 1.55. The summed E-state index contributed by atoms with van der Waals surface area (Å²) in [5.41, 5.74) is 5.93. The number of nitrogen functional groups attached to an aromatic ring is 1. The van der Waals surface area contributed by atoms with E-state index in [1.165, 1.54) is 12.3 Å². The lowest BCUT2D eigenvalue weighted by atomic mass is 10.1. The van der Waals surface area contributed by atoms with Crippen molar-refractivity contribution in [2.45, 2.75) is 12.8 Å². The number of nitrogens with two attached hydrogens (primary N) is 1. The summed E-state index contributed by atoms with van der Waals surface area (Å²) < 4.78 is 0. The lowest BCUT2D eigenvalue weighted by molar-refractivity contribution is -0.398. The van der Waals surface area contributed by atoms with Crippen LogP contribution in [0.1, 0.15) is 23.2 Å². The average molecular weight is 348 g/mol. The number of aromatic nitrogens is 2. The second-order valence-corrected chi connectivity index (χ2v) is 5.25. The van der Waals surface area contributed by atoms with Crippen LogP contribution in [0.25, 0.3) is 0 Å². The molecule has 1 aromatic heterocycles. The molecule has 124 valence electrons. The average Bonchev–Trinajstić information content (AvgIpc) is 2.89. The minimum Gasteiger partial charge on any atom is -0.867 e. The van der Waals surface area contributed by atoms with Gasteiger partial charge < -0.3 is 10.8 Å². The van der Waals surface area contributed by atoms with E-state index in [0.717, 1.165) is 6.07 Å². The summed E-state index contributed by atoms with van der Waals surface area (Å²) in [7, 11) is 0. The highest BCUT2D eigenvalue weighted by molar-refractivity contribution is 6.31. The second kappa shape index (κ2) is 7.43. The highest BCUT2D eigenvalue weighted by Gasteiger charge is 2.11. The highest BCUT2D eigenvalue weighted by atomic mass is 35.5. The first-order valence-corrected chi connectivity index (χ1v) is 7.19. The molecule has 0 saturated heterocycles. The number of hydrogen-bond acceptors (Lipinski definition) is 7. The minimum absolute atomic E-state index is 0.0534. The molecule has 0 fully saturated rings. The number of nitriles is 1. The number of aryl methyl sites for hydroxylation is 1. The summed E-state index contributed by atoms with van der Waals surface area (Å²) in [5, 5.41) is 38.1. The molecule has 2 aromatic rings. The number of nitrogens with zero attached hydrogens (tertiary/aromatic N) is 4. The largest absolute Gasteiger partial charge is 0.867 e. The zero-order valence-electron chi connectivity index (χ0n) is 12.3. The van der Waals surface area contributed by atoms with Crippen LogP contribution in [-0.4, -0.2) is 27.9 Å². The minimum atomic E-state index is -0.780. The van der Waals surface area contributed by atoms with E-state index in [4.69, 9.17) is 22.6 Å². The molecule has 3 N–H and O–H groups in total. The molecule has 10 heteroatoms. The summed E-state index contributed by atoms with van der Waals surface area (Å²) in [6, 6.07) is 4.29. The Hall–Kier alpha value is -3.12. The Bertz CT molecular complexity index is 840. The van der Waals surface area contributed by atoms with E-state index in [-0.39, 0.29) is 16.4 Å². The van der Waals surface area contributed by atoms with E-state index in [2.05, 4.69) is 15.2 Å². The van der Waals surface area contributed by atoms with E-state index < -0.39 is 16.4 Å². The van der Waals surface area contributed by atoms with Crippen molar-refractivity contribution in [1.82, 2.24) is 10.2 Å². The molecule has 0 aliphatic carbocycles. The quantitative estimate of drug-likeness (QED) is 0.349. The first kappa shape index (κ1) is 17.2. The topological polar surface area (TPSA) is 157 Å². The van der Waals surface area contributed by atoms with Gasteiger partial charge in [-0.1, -0.05) is 11.6 Å². The van der Waals surface area contributed by atoms with E-state index in [1.54, 1.807) is 0 Å². The van der Waals surface area contributed by atoms with Gasteiger partial charge >= 0.3 is 0 Å². The van der Waals surface area contributed by atoms with Crippen LogP contribution in [0.5, 0.6) is 5.75 Å². The van der Waals surface area contributed by atoms with Gasteiger partial charge in [-0.15, -0.1) is 0 Å². The molecule has 0 atom stereocenters. The fraction of sp³-hybridized carbons (Fsp3) is 0.214. The first-order chi connectivity index (χ1) is 11.4. The standard InChI is InChI=1S/C14H13ClN6O3/c15-9-4-8(13(22)12(5-9)21(23)24)7-18-3-1-2-11-10(6-16)14(17)20-19-11/h4-5,7,22H,1-3H2,(H3,17,19,20)/p-1. The van der Waals surface area contributed by atoms with Crippen molar-refractivity contribution in [1.29, 1.82) is 5.26 Å². The molecule has 0 saturated carbocycles. The van der Waals surface area contributed by atoms with Crippen molar-refractivity contribution in [3.05, 3.63) is 44.1 Å². The fourth-order valence-corrected chi connectivity index (χ4v) is 2.26. The number of nitrogens with one attached hydrogen (secondary N) is 1. The number of nitro groups is 1. The molecule has 24 heavy (non-hydrogen) atoms. The zero-order chi connectivity index (χ0) is 17.7. The number of anilines is 1. The Balaban J connectivity index is 2.00. The number of H-pyrrole nitrogens is 1. The number of aromatic amines is 1. The smallest absolute Gasteiger partial charge is 0.263 e. The molecule has 2 rings (SSSR count). The number of halogens is 1. The van der Waals surface area contributed by atoms with Crippen LogP contribution in [-0.2, 0) is 6.42 Å². The maximum Gasteiger partial charge on any atom is 0.263 e. The van der Waals surface area contributed by atoms with E-state index in [1.807, 2.05) is 6.07 Å². The van der Waals surface area contributed by atoms with E-state index in [0.29, 0.717) is 30.6 Å². The molecule has 0 aliphatic rings. The third kappa shape index (κ3) is 3.80. The van der Waals surface area contributed by atoms with Gasteiger partial charge in [-0.25, -0.2) is 0 Å². The van der Waals surface area contributed by atoms with Gasteiger partial charge in [0.25, 0.3) is 5.69 Å². The molecular weight excluding hydrogens is 336 g/mol. The maximum atomic E-state index is 11.9. The maximum absolute atomic E-state index is 11.9. The summed E-state index contributed by atoms with van der Waals surface area (Å²) >= 11 is 5.76. The van der Waals surface area contributed by atoms with Crippen molar-refractivity contribution in [2.24, 2.45) is 4.99 Å². The molecule has 0 aliphatic heterocycles. The number of hydrogen-bond donors (Lipinski definition) is 2. The molecule has 1 heterocycles. The van der Waals surface area contributed by atoms with Gasteiger partial charge in [0.2, 0.25) is 0 Å². The molecular formula is C14H12ClN6O3-. The lowest BCUT2D eigenvalue weighted by Crippen LogP contribution is -2.02. The molecule has 0 radical (unpaired) electrons. The first-order valence-electron chi connectivity index (χ1n) is 6.81. The SMILES string of the molecule is N#Cc1c(N)n[nH]c1CCCN=Cc1cc(Cl)cc([N+](=O)[O-])c1[O-]. The Morgan fingerprint density at radius 1 is 1.54 bits per heavy atom. The molecule has 0 unspecified atom stereocenters. The number of rotatable bonds is 6. The van der Waals surface area contributed by atoms with Crippen LogP contribution in [0.2, 0.25) is 5.02 Å². The van der Waals surface area contributed by atoms with Gasteiger partial charge in [0.15, 0.2) is 5.82 Å². The van der Waals surface area contributed by atoms with Crippen LogP contribution < -0.4 is 10.8 Å². The Kier molecular flexibility index (Phi) is 5.34. The fourth-order valence-electron chi connectivity index (χ4n) is 2.04. The van der Waals surface area contributed by atoms with Gasteiger partial charge in [-0.3, -0.25) is 20.2 Å². The van der Waals surface area contributed by atoms with Crippen molar-refractivity contribution in [3.63, 3.8) is 0 Å². The monoisotopic (exact) mass is 347 g/mol. The molecule has 0 bridgehead atoms. The van der Waals surface area contributed by atoms with Gasteiger partial charge in [-0.2, -0.15) is 10.4 Å². The third-order valence-electron chi connectivity index (χ3n) is 3.18. The highest BCUT2D eigenvalue weighted by Crippen LogP contribution is 2.29. The van der Waals surface area contributed by atoms with Gasteiger partial charge in [0.1, 0.15) is 11.6 Å². The van der Waals surface area contributed by atoms with Gasteiger partial charge in [0.05, 0.1) is 10.6 Å². The van der Waals surface area contributed by atoms with Crippen LogP contribution >= 0.6 is 11.6 Å². The Labute approximate surface area is 141 Å². The number of benzene rings is 1. The Morgan fingerprint density at radius 3 is 2.96 bits per heavy atom.